The Kier molecular flexibility index (Phi) is 5.90. The number of hydrogen-bond donors (Lipinski definition) is 1. The van der Waals surface area contributed by atoms with Gasteiger partial charge in [-0.2, -0.15) is 0 Å². The fourth-order valence-corrected chi connectivity index (χ4v) is 3.18. The van der Waals surface area contributed by atoms with Crippen molar-refractivity contribution >= 4 is 17.7 Å². The van der Waals surface area contributed by atoms with Crippen LogP contribution in [0.5, 0.6) is 0 Å². The number of rotatable bonds is 7. The molecule has 0 saturated heterocycles. The fourth-order valence-electron chi connectivity index (χ4n) is 2.39. The van der Waals surface area contributed by atoms with Gasteiger partial charge in [0.05, 0.1) is 12.1 Å². The second kappa shape index (κ2) is 8.53. The second-order valence-corrected chi connectivity index (χ2v) is 6.74. The molecule has 4 nitrogen and oxygen atoms in total. The lowest BCUT2D eigenvalue weighted by atomic mass is 10.2. The van der Waals surface area contributed by atoms with Gasteiger partial charge < -0.3 is 9.73 Å². The summed E-state index contributed by atoms with van der Waals surface area (Å²) in [5.41, 5.74) is 1.60. The molecule has 0 radical (unpaired) electrons. The Morgan fingerprint density at radius 1 is 1.08 bits per heavy atom. The maximum absolute atomic E-state index is 12.1. The summed E-state index contributed by atoms with van der Waals surface area (Å²) >= 11 is 1.72. The number of nitrogens with zero attached hydrogens (tertiary/aromatic N) is 1. The average molecular weight is 352 g/mol. The maximum Gasteiger partial charge on any atom is 0.226 e. The van der Waals surface area contributed by atoms with Crippen molar-refractivity contribution in [2.45, 2.75) is 18.2 Å². The van der Waals surface area contributed by atoms with Crippen molar-refractivity contribution in [3.8, 4) is 11.5 Å². The Labute approximate surface area is 151 Å². The highest BCUT2D eigenvalue weighted by Gasteiger charge is 2.14. The first-order valence-electron chi connectivity index (χ1n) is 8.18. The molecule has 0 aliphatic rings. The minimum absolute atomic E-state index is 0.0373. The molecule has 3 aromatic rings. The van der Waals surface area contributed by atoms with E-state index in [9.17, 15) is 4.79 Å². The Hall–Kier alpha value is -2.53. The van der Waals surface area contributed by atoms with Crippen LogP contribution in [0.2, 0.25) is 0 Å². The quantitative estimate of drug-likeness (QED) is 0.514. The van der Waals surface area contributed by atoms with Crippen LogP contribution >= 0.6 is 11.8 Å². The van der Waals surface area contributed by atoms with Crippen LogP contribution in [0.25, 0.3) is 11.5 Å². The van der Waals surface area contributed by atoms with E-state index in [1.807, 2.05) is 55.5 Å². The van der Waals surface area contributed by atoms with Crippen molar-refractivity contribution in [2.75, 3.05) is 12.3 Å². The molecule has 1 aromatic heterocycles. The van der Waals surface area contributed by atoms with E-state index in [1.54, 1.807) is 11.8 Å². The van der Waals surface area contributed by atoms with Crippen molar-refractivity contribution in [1.29, 1.82) is 0 Å². The van der Waals surface area contributed by atoms with E-state index in [4.69, 9.17) is 4.42 Å². The Morgan fingerprint density at radius 2 is 1.76 bits per heavy atom. The number of thioether (sulfide) groups is 1. The molecule has 0 fully saturated rings. The van der Waals surface area contributed by atoms with Crippen molar-refractivity contribution in [3.63, 3.8) is 0 Å². The van der Waals surface area contributed by atoms with Crippen molar-refractivity contribution in [1.82, 2.24) is 10.3 Å². The van der Waals surface area contributed by atoms with E-state index in [0.717, 1.165) is 11.3 Å². The number of oxazole rings is 1. The summed E-state index contributed by atoms with van der Waals surface area (Å²) in [6, 6.07) is 19.9. The zero-order valence-corrected chi connectivity index (χ0v) is 14.9. The molecule has 3 rings (SSSR count). The Balaban J connectivity index is 1.49. The normalized spacial score (nSPS) is 10.6. The number of amides is 1. The first kappa shape index (κ1) is 17.3. The van der Waals surface area contributed by atoms with Crippen molar-refractivity contribution < 1.29 is 9.21 Å². The van der Waals surface area contributed by atoms with Gasteiger partial charge in [0, 0.05) is 22.8 Å². The van der Waals surface area contributed by atoms with Gasteiger partial charge in [-0.05, 0) is 31.2 Å². The number of aryl methyl sites for hydroxylation is 1. The van der Waals surface area contributed by atoms with Gasteiger partial charge in [0.15, 0.2) is 0 Å². The predicted molar refractivity (Wildman–Crippen MR) is 101 cm³/mol. The largest absolute Gasteiger partial charge is 0.441 e. The molecule has 25 heavy (non-hydrogen) atoms. The van der Waals surface area contributed by atoms with E-state index < -0.39 is 0 Å². The van der Waals surface area contributed by atoms with Crippen LogP contribution in [0, 0.1) is 6.92 Å². The van der Waals surface area contributed by atoms with Gasteiger partial charge in [0.25, 0.3) is 0 Å². The molecule has 0 unspecified atom stereocenters. The molecule has 0 atom stereocenters. The van der Waals surface area contributed by atoms with Gasteiger partial charge in [-0.3, -0.25) is 4.79 Å². The standard InChI is InChI=1S/C20H20N2O2S/c1-15-18(22-20(24-15)16-8-4-2-5-9-16)14-19(23)21-12-13-25-17-10-6-3-7-11-17/h2-11H,12-14H2,1H3,(H,21,23). The summed E-state index contributed by atoms with van der Waals surface area (Å²) in [4.78, 5) is 17.8. The molecule has 0 bridgehead atoms. The summed E-state index contributed by atoms with van der Waals surface area (Å²) in [7, 11) is 0. The van der Waals surface area contributed by atoms with Crippen LogP contribution in [0.4, 0.5) is 0 Å². The zero-order valence-electron chi connectivity index (χ0n) is 14.1. The number of hydrogen-bond acceptors (Lipinski definition) is 4. The molecule has 128 valence electrons. The molecular weight excluding hydrogens is 332 g/mol. The third kappa shape index (κ3) is 4.97. The topological polar surface area (TPSA) is 55.1 Å². The van der Waals surface area contributed by atoms with Gasteiger partial charge in [-0.1, -0.05) is 36.4 Å². The van der Waals surface area contributed by atoms with E-state index in [-0.39, 0.29) is 12.3 Å². The molecule has 0 aliphatic heterocycles. The van der Waals surface area contributed by atoms with E-state index in [1.165, 1.54) is 4.90 Å². The average Bonchev–Trinajstić information content (AvgIpc) is 3.01. The highest BCUT2D eigenvalue weighted by Crippen LogP contribution is 2.21. The van der Waals surface area contributed by atoms with Crippen LogP contribution in [0.3, 0.4) is 0 Å². The lowest BCUT2D eigenvalue weighted by Gasteiger charge is -2.04. The summed E-state index contributed by atoms with van der Waals surface area (Å²) in [6.07, 6.45) is 0.234. The van der Waals surface area contributed by atoms with Gasteiger partial charge in [-0.15, -0.1) is 11.8 Å². The summed E-state index contributed by atoms with van der Waals surface area (Å²) in [6.45, 7) is 2.47. The summed E-state index contributed by atoms with van der Waals surface area (Å²) in [5.74, 6) is 2.04. The number of benzene rings is 2. The molecule has 0 aliphatic carbocycles. The smallest absolute Gasteiger partial charge is 0.226 e. The van der Waals surface area contributed by atoms with Crippen LogP contribution in [0.1, 0.15) is 11.5 Å². The van der Waals surface area contributed by atoms with Gasteiger partial charge in [0.1, 0.15) is 5.76 Å². The third-order valence-corrected chi connectivity index (χ3v) is 4.69. The molecule has 1 N–H and O–H groups in total. The predicted octanol–water partition coefficient (Wildman–Crippen LogP) is 4.10. The van der Waals surface area contributed by atoms with Gasteiger partial charge >= 0.3 is 0 Å². The second-order valence-electron chi connectivity index (χ2n) is 5.58. The first-order valence-corrected chi connectivity index (χ1v) is 9.17. The number of carbonyl (C=O) groups is 1. The molecular formula is C20H20N2O2S. The van der Waals surface area contributed by atoms with Crippen LogP contribution in [-0.4, -0.2) is 23.2 Å². The van der Waals surface area contributed by atoms with E-state index >= 15 is 0 Å². The minimum Gasteiger partial charge on any atom is -0.441 e. The monoisotopic (exact) mass is 352 g/mol. The third-order valence-electron chi connectivity index (χ3n) is 3.68. The minimum atomic E-state index is -0.0373. The van der Waals surface area contributed by atoms with Crippen molar-refractivity contribution in [3.05, 3.63) is 72.1 Å². The van der Waals surface area contributed by atoms with Gasteiger partial charge in [0.2, 0.25) is 11.8 Å². The molecule has 1 heterocycles. The molecule has 0 spiro atoms. The highest BCUT2D eigenvalue weighted by atomic mass is 32.2. The van der Waals surface area contributed by atoms with E-state index in [0.29, 0.717) is 23.9 Å². The summed E-state index contributed by atoms with van der Waals surface area (Å²) in [5, 5.41) is 2.94. The fraction of sp³-hybridized carbons (Fsp3) is 0.200. The Morgan fingerprint density at radius 3 is 2.48 bits per heavy atom. The van der Waals surface area contributed by atoms with Crippen LogP contribution < -0.4 is 5.32 Å². The summed E-state index contributed by atoms with van der Waals surface area (Å²) < 4.78 is 5.69. The molecule has 0 saturated carbocycles. The van der Waals surface area contributed by atoms with Gasteiger partial charge in [-0.25, -0.2) is 4.98 Å². The number of aromatic nitrogens is 1. The van der Waals surface area contributed by atoms with Crippen molar-refractivity contribution in [2.24, 2.45) is 0 Å². The van der Waals surface area contributed by atoms with Crippen LogP contribution in [-0.2, 0) is 11.2 Å². The highest BCUT2D eigenvalue weighted by molar-refractivity contribution is 7.99. The lowest BCUT2D eigenvalue weighted by molar-refractivity contribution is -0.120. The van der Waals surface area contributed by atoms with Crippen LogP contribution in [0.15, 0.2) is 70.0 Å². The SMILES string of the molecule is Cc1oc(-c2ccccc2)nc1CC(=O)NCCSc1ccccc1. The number of carbonyl (C=O) groups excluding carboxylic acids is 1. The zero-order chi connectivity index (χ0) is 17.5. The molecule has 2 aromatic carbocycles. The number of nitrogens with one attached hydrogen (secondary N) is 1. The van der Waals surface area contributed by atoms with E-state index in [2.05, 4.69) is 22.4 Å². The molecule has 5 heteroatoms. The molecule has 1 amide bonds. The maximum atomic E-state index is 12.1. The first-order chi connectivity index (χ1) is 12.2. The Bertz CT molecular complexity index is 816. The lowest BCUT2D eigenvalue weighted by Crippen LogP contribution is -2.27.